The molecule has 0 aliphatic carbocycles. The zero-order chi connectivity index (χ0) is 11.8. The Morgan fingerprint density at radius 2 is 2.24 bits per heavy atom. The highest BCUT2D eigenvalue weighted by Gasteiger charge is 2.26. The summed E-state index contributed by atoms with van der Waals surface area (Å²) in [5.74, 6) is 0.0442. The van der Waals surface area contributed by atoms with E-state index in [9.17, 15) is 9.90 Å². The minimum absolute atomic E-state index is 0.0442. The average Bonchev–Trinajstić information content (AvgIpc) is 2.93. The first-order valence-electron chi connectivity index (χ1n) is 5.70. The second-order valence-corrected chi connectivity index (χ2v) is 5.43. The van der Waals surface area contributed by atoms with Gasteiger partial charge in [-0.05, 0) is 23.9 Å². The first kappa shape index (κ1) is 10.7. The third-order valence-corrected chi connectivity index (χ3v) is 4.19. The first-order chi connectivity index (χ1) is 8.24. The molecule has 1 aliphatic heterocycles. The van der Waals surface area contributed by atoms with Crippen LogP contribution in [0.4, 0.5) is 0 Å². The molecular formula is C13H13NO2S. The lowest BCUT2D eigenvalue weighted by Crippen LogP contribution is -2.28. The van der Waals surface area contributed by atoms with E-state index in [4.69, 9.17) is 0 Å². The van der Waals surface area contributed by atoms with E-state index in [0.717, 1.165) is 15.0 Å². The van der Waals surface area contributed by atoms with Crippen molar-refractivity contribution in [1.29, 1.82) is 0 Å². The zero-order valence-electron chi connectivity index (χ0n) is 9.30. The van der Waals surface area contributed by atoms with Gasteiger partial charge in [-0.2, -0.15) is 0 Å². The van der Waals surface area contributed by atoms with Crippen LogP contribution in [0.2, 0.25) is 0 Å². The number of carbonyl (C=O) groups is 1. The summed E-state index contributed by atoms with van der Waals surface area (Å²) < 4.78 is 1.13. The van der Waals surface area contributed by atoms with Crippen LogP contribution in [0.3, 0.4) is 0 Å². The molecule has 1 fully saturated rings. The fourth-order valence-corrected chi connectivity index (χ4v) is 3.20. The molecule has 88 valence electrons. The van der Waals surface area contributed by atoms with Gasteiger partial charge in [0.1, 0.15) is 0 Å². The van der Waals surface area contributed by atoms with E-state index in [0.29, 0.717) is 19.5 Å². The summed E-state index contributed by atoms with van der Waals surface area (Å²) in [4.78, 5) is 14.7. The van der Waals surface area contributed by atoms with Crippen molar-refractivity contribution in [1.82, 2.24) is 4.90 Å². The van der Waals surface area contributed by atoms with Crippen LogP contribution in [0, 0.1) is 0 Å². The van der Waals surface area contributed by atoms with E-state index in [2.05, 4.69) is 0 Å². The van der Waals surface area contributed by atoms with Crippen molar-refractivity contribution < 1.29 is 9.90 Å². The lowest BCUT2D eigenvalue weighted by molar-refractivity contribution is 0.0770. The van der Waals surface area contributed by atoms with Gasteiger partial charge in [-0.25, -0.2) is 0 Å². The highest BCUT2D eigenvalue weighted by atomic mass is 32.1. The molecule has 3 rings (SSSR count). The van der Waals surface area contributed by atoms with Crippen molar-refractivity contribution in [3.63, 3.8) is 0 Å². The maximum atomic E-state index is 12.2. The van der Waals surface area contributed by atoms with E-state index >= 15 is 0 Å². The first-order valence-corrected chi connectivity index (χ1v) is 6.51. The molecule has 1 N–H and O–H groups in total. The number of thiophene rings is 1. The van der Waals surface area contributed by atoms with Crippen molar-refractivity contribution in [2.24, 2.45) is 0 Å². The van der Waals surface area contributed by atoms with Gasteiger partial charge in [0.25, 0.3) is 5.91 Å². The second kappa shape index (κ2) is 4.13. The van der Waals surface area contributed by atoms with Crippen molar-refractivity contribution in [2.45, 2.75) is 12.5 Å². The van der Waals surface area contributed by atoms with Gasteiger partial charge < -0.3 is 10.0 Å². The molecule has 0 spiro atoms. The molecule has 0 unspecified atom stereocenters. The maximum absolute atomic E-state index is 12.2. The topological polar surface area (TPSA) is 40.5 Å². The smallest absolute Gasteiger partial charge is 0.264 e. The quantitative estimate of drug-likeness (QED) is 0.838. The molecule has 0 radical (unpaired) electrons. The van der Waals surface area contributed by atoms with Gasteiger partial charge >= 0.3 is 0 Å². The zero-order valence-corrected chi connectivity index (χ0v) is 10.1. The third-order valence-electron chi connectivity index (χ3n) is 3.09. The highest BCUT2D eigenvalue weighted by molar-refractivity contribution is 7.20. The molecule has 4 heteroatoms. The Kier molecular flexibility index (Phi) is 2.61. The SMILES string of the molecule is O=C(c1cc2ccccc2s1)N1CC[C@@H](O)C1. The summed E-state index contributed by atoms with van der Waals surface area (Å²) in [6, 6.07) is 9.93. The Labute approximate surface area is 103 Å². The molecule has 1 saturated heterocycles. The van der Waals surface area contributed by atoms with Crippen LogP contribution in [-0.4, -0.2) is 35.1 Å². The molecule has 1 aliphatic rings. The fourth-order valence-electron chi connectivity index (χ4n) is 2.17. The predicted octanol–water partition coefficient (Wildman–Crippen LogP) is 2.11. The van der Waals surface area contributed by atoms with Crippen molar-refractivity contribution in [3.05, 3.63) is 35.2 Å². The molecule has 1 aromatic carbocycles. The number of likely N-dealkylation sites (tertiary alicyclic amines) is 1. The summed E-state index contributed by atoms with van der Waals surface area (Å²) in [5.41, 5.74) is 0. The lowest BCUT2D eigenvalue weighted by atomic mass is 10.2. The number of hydrogen-bond acceptors (Lipinski definition) is 3. The maximum Gasteiger partial charge on any atom is 0.264 e. The number of carbonyl (C=O) groups excluding carboxylic acids is 1. The Morgan fingerprint density at radius 3 is 2.94 bits per heavy atom. The van der Waals surface area contributed by atoms with Gasteiger partial charge in [0, 0.05) is 17.8 Å². The van der Waals surface area contributed by atoms with Crippen LogP contribution in [0.25, 0.3) is 10.1 Å². The van der Waals surface area contributed by atoms with Gasteiger partial charge in [-0.15, -0.1) is 11.3 Å². The molecule has 17 heavy (non-hydrogen) atoms. The standard InChI is InChI=1S/C13H13NO2S/c15-10-5-6-14(8-10)13(16)12-7-9-3-1-2-4-11(9)17-12/h1-4,7,10,15H,5-6,8H2/t10-/m1/s1. The van der Waals surface area contributed by atoms with Crippen molar-refractivity contribution in [2.75, 3.05) is 13.1 Å². The molecule has 0 saturated carbocycles. The molecule has 1 aromatic heterocycles. The van der Waals surface area contributed by atoms with Crippen LogP contribution in [0.15, 0.2) is 30.3 Å². The van der Waals surface area contributed by atoms with Gasteiger partial charge in [0.05, 0.1) is 11.0 Å². The minimum Gasteiger partial charge on any atom is -0.391 e. The average molecular weight is 247 g/mol. The summed E-state index contributed by atoms with van der Waals surface area (Å²) in [6.07, 6.45) is 0.338. The fraction of sp³-hybridized carbons (Fsp3) is 0.308. The summed E-state index contributed by atoms with van der Waals surface area (Å²) >= 11 is 1.52. The second-order valence-electron chi connectivity index (χ2n) is 4.34. The Hall–Kier alpha value is -1.39. The number of rotatable bonds is 1. The van der Waals surface area contributed by atoms with E-state index in [-0.39, 0.29) is 12.0 Å². The number of aliphatic hydroxyl groups is 1. The monoisotopic (exact) mass is 247 g/mol. The van der Waals surface area contributed by atoms with Crippen LogP contribution >= 0.6 is 11.3 Å². The Morgan fingerprint density at radius 1 is 1.41 bits per heavy atom. The lowest BCUT2D eigenvalue weighted by Gasteiger charge is -2.13. The number of benzene rings is 1. The Balaban J connectivity index is 1.90. The van der Waals surface area contributed by atoms with Crippen LogP contribution in [0.1, 0.15) is 16.1 Å². The van der Waals surface area contributed by atoms with Crippen LogP contribution in [-0.2, 0) is 0 Å². The van der Waals surface area contributed by atoms with E-state index in [1.807, 2.05) is 30.3 Å². The van der Waals surface area contributed by atoms with Crippen LogP contribution < -0.4 is 0 Å². The van der Waals surface area contributed by atoms with E-state index in [1.54, 1.807) is 4.90 Å². The predicted molar refractivity (Wildman–Crippen MR) is 68.4 cm³/mol. The van der Waals surface area contributed by atoms with Gasteiger partial charge in [-0.3, -0.25) is 4.79 Å². The van der Waals surface area contributed by atoms with Gasteiger partial charge in [-0.1, -0.05) is 18.2 Å². The number of hydrogen-bond donors (Lipinski definition) is 1. The molecule has 2 heterocycles. The van der Waals surface area contributed by atoms with Gasteiger partial charge in [0.2, 0.25) is 0 Å². The largest absolute Gasteiger partial charge is 0.391 e. The van der Waals surface area contributed by atoms with Crippen LogP contribution in [0.5, 0.6) is 0 Å². The number of nitrogens with zero attached hydrogens (tertiary/aromatic N) is 1. The molecule has 1 atom stereocenters. The summed E-state index contributed by atoms with van der Waals surface area (Å²) in [7, 11) is 0. The minimum atomic E-state index is -0.353. The molecule has 0 bridgehead atoms. The van der Waals surface area contributed by atoms with E-state index < -0.39 is 0 Å². The number of amides is 1. The molecule has 1 amide bonds. The summed E-state index contributed by atoms with van der Waals surface area (Å²) in [5, 5.41) is 10.6. The van der Waals surface area contributed by atoms with Gasteiger partial charge in [0.15, 0.2) is 0 Å². The van der Waals surface area contributed by atoms with E-state index in [1.165, 1.54) is 11.3 Å². The highest BCUT2D eigenvalue weighted by Crippen LogP contribution is 2.27. The van der Waals surface area contributed by atoms with Crippen molar-refractivity contribution in [3.8, 4) is 0 Å². The number of fused-ring (bicyclic) bond motifs is 1. The third kappa shape index (κ3) is 1.94. The summed E-state index contributed by atoms with van der Waals surface area (Å²) in [6.45, 7) is 1.13. The Bertz CT molecular complexity index is 530. The molecule has 2 aromatic rings. The number of β-amino-alcohol motifs (C(OH)–C–C–N with tert-alkyl or cyclic N) is 1. The molecule has 3 nitrogen and oxygen atoms in total. The molecular weight excluding hydrogens is 234 g/mol. The number of aliphatic hydroxyl groups excluding tert-OH is 1. The van der Waals surface area contributed by atoms with Crippen molar-refractivity contribution >= 4 is 27.3 Å². The normalized spacial score (nSPS) is 20.1.